The molecule has 0 aliphatic rings. The van der Waals surface area contributed by atoms with Crippen molar-refractivity contribution in [3.63, 3.8) is 0 Å². The van der Waals surface area contributed by atoms with Crippen LogP contribution in [-0.2, 0) is 13.2 Å². The molecule has 2 aromatic heterocycles. The number of benzene rings is 1. The molecule has 3 rings (SSSR count). The number of aliphatic hydroxyl groups excluding tert-OH is 1. The van der Waals surface area contributed by atoms with Crippen LogP contribution in [0.3, 0.4) is 0 Å². The largest absolute Gasteiger partial charge is 0.494 e. The van der Waals surface area contributed by atoms with E-state index < -0.39 is 5.82 Å². The summed E-state index contributed by atoms with van der Waals surface area (Å²) in [6, 6.07) is 4.74. The predicted molar refractivity (Wildman–Crippen MR) is 80.9 cm³/mol. The van der Waals surface area contributed by atoms with Crippen molar-refractivity contribution in [2.75, 3.05) is 12.4 Å². The molecule has 0 fully saturated rings. The number of nitrogens with zero attached hydrogens (tertiary/aromatic N) is 6. The number of aromatic nitrogens is 6. The Morgan fingerprint density at radius 2 is 2.21 bits per heavy atom. The summed E-state index contributed by atoms with van der Waals surface area (Å²) in [5.74, 6) is 0.0516. The standard InChI is InChI=1S/C14H14FN7O2/c1-24-12-3-2-11(22-8-19-20-21-22)10(14(12)15)5-16-13-4-9(6-23)17-7-18-13/h2-4,7-8,23H,5-6H2,1H3,(H,16,17,18). The van der Waals surface area contributed by atoms with Crippen LogP contribution in [0.5, 0.6) is 5.75 Å². The van der Waals surface area contributed by atoms with Gasteiger partial charge in [0.1, 0.15) is 18.5 Å². The maximum absolute atomic E-state index is 14.7. The van der Waals surface area contributed by atoms with Gasteiger partial charge >= 0.3 is 0 Å². The minimum Gasteiger partial charge on any atom is -0.494 e. The van der Waals surface area contributed by atoms with Crippen LogP contribution in [0.1, 0.15) is 11.3 Å². The molecular weight excluding hydrogens is 317 g/mol. The van der Waals surface area contributed by atoms with Gasteiger partial charge in [-0.25, -0.2) is 19.0 Å². The summed E-state index contributed by atoms with van der Waals surface area (Å²) >= 11 is 0. The molecule has 0 aliphatic carbocycles. The molecule has 24 heavy (non-hydrogen) atoms. The maximum Gasteiger partial charge on any atom is 0.172 e. The van der Waals surface area contributed by atoms with Crippen molar-refractivity contribution in [2.45, 2.75) is 13.2 Å². The number of ether oxygens (including phenoxy) is 1. The van der Waals surface area contributed by atoms with Crippen molar-refractivity contribution in [3.05, 3.63) is 47.9 Å². The monoisotopic (exact) mass is 331 g/mol. The lowest BCUT2D eigenvalue weighted by Gasteiger charge is -2.14. The first-order chi connectivity index (χ1) is 11.7. The molecule has 2 heterocycles. The molecular formula is C14H14FN7O2. The van der Waals surface area contributed by atoms with E-state index in [4.69, 9.17) is 9.84 Å². The Labute approximate surface area is 136 Å². The molecule has 0 atom stereocenters. The van der Waals surface area contributed by atoms with Crippen LogP contribution in [-0.4, -0.2) is 42.4 Å². The van der Waals surface area contributed by atoms with Crippen LogP contribution in [0.4, 0.5) is 10.2 Å². The molecule has 10 heteroatoms. The molecule has 2 N–H and O–H groups in total. The van der Waals surface area contributed by atoms with Gasteiger partial charge in [0.2, 0.25) is 0 Å². The first kappa shape index (κ1) is 15.7. The fraction of sp³-hybridized carbons (Fsp3) is 0.214. The highest BCUT2D eigenvalue weighted by molar-refractivity contribution is 5.48. The Kier molecular flexibility index (Phi) is 4.57. The van der Waals surface area contributed by atoms with Crippen molar-refractivity contribution < 1.29 is 14.2 Å². The molecule has 9 nitrogen and oxygen atoms in total. The quantitative estimate of drug-likeness (QED) is 0.679. The van der Waals surface area contributed by atoms with Crippen molar-refractivity contribution >= 4 is 5.82 Å². The topological polar surface area (TPSA) is 111 Å². The number of aliphatic hydroxyl groups is 1. The average Bonchev–Trinajstić information content (AvgIpc) is 3.15. The van der Waals surface area contributed by atoms with Gasteiger partial charge in [-0.2, -0.15) is 0 Å². The second-order valence-corrected chi connectivity index (χ2v) is 4.74. The van der Waals surface area contributed by atoms with Crippen molar-refractivity contribution in [2.24, 2.45) is 0 Å². The Bertz CT molecular complexity index is 826. The smallest absolute Gasteiger partial charge is 0.172 e. The number of methoxy groups -OCH3 is 1. The van der Waals surface area contributed by atoms with E-state index in [1.807, 2.05) is 0 Å². The van der Waals surface area contributed by atoms with Gasteiger partial charge in [0.25, 0.3) is 0 Å². The highest BCUT2D eigenvalue weighted by atomic mass is 19.1. The number of halogens is 1. The summed E-state index contributed by atoms with van der Waals surface area (Å²) in [4.78, 5) is 7.92. The Hall–Kier alpha value is -3.14. The lowest BCUT2D eigenvalue weighted by Crippen LogP contribution is -2.10. The van der Waals surface area contributed by atoms with Gasteiger partial charge in [0.15, 0.2) is 11.6 Å². The van der Waals surface area contributed by atoms with E-state index in [1.54, 1.807) is 12.1 Å². The summed E-state index contributed by atoms with van der Waals surface area (Å²) in [6.45, 7) is -0.0965. The SMILES string of the molecule is COc1ccc(-n2cnnn2)c(CNc2cc(CO)ncn2)c1F. The zero-order valence-electron chi connectivity index (χ0n) is 12.7. The van der Waals surface area contributed by atoms with E-state index in [0.29, 0.717) is 22.8 Å². The second kappa shape index (κ2) is 6.96. The van der Waals surface area contributed by atoms with Crippen molar-refractivity contribution in [1.29, 1.82) is 0 Å². The van der Waals surface area contributed by atoms with Crippen LogP contribution in [0.2, 0.25) is 0 Å². The number of hydrogen-bond donors (Lipinski definition) is 2. The molecule has 0 saturated carbocycles. The fourth-order valence-corrected chi connectivity index (χ4v) is 2.16. The van der Waals surface area contributed by atoms with Crippen LogP contribution < -0.4 is 10.1 Å². The van der Waals surface area contributed by atoms with E-state index in [1.165, 1.54) is 30.5 Å². The molecule has 0 aliphatic heterocycles. The van der Waals surface area contributed by atoms with Gasteiger partial charge in [-0.05, 0) is 22.6 Å². The van der Waals surface area contributed by atoms with E-state index in [9.17, 15) is 4.39 Å². The van der Waals surface area contributed by atoms with Crippen LogP contribution >= 0.6 is 0 Å². The number of nitrogens with one attached hydrogen (secondary N) is 1. The van der Waals surface area contributed by atoms with Gasteiger partial charge in [-0.1, -0.05) is 0 Å². The van der Waals surface area contributed by atoms with Gasteiger partial charge in [0.05, 0.1) is 25.1 Å². The molecule has 0 spiro atoms. The lowest BCUT2D eigenvalue weighted by molar-refractivity contribution is 0.276. The van der Waals surface area contributed by atoms with Crippen LogP contribution in [0, 0.1) is 5.82 Å². The number of rotatable bonds is 6. The fourth-order valence-electron chi connectivity index (χ4n) is 2.16. The van der Waals surface area contributed by atoms with E-state index in [0.717, 1.165) is 0 Å². The summed E-state index contributed by atoms with van der Waals surface area (Å²) in [5, 5.41) is 23.0. The molecule has 0 radical (unpaired) electrons. The average molecular weight is 331 g/mol. The zero-order chi connectivity index (χ0) is 16.9. The minimum absolute atomic E-state index is 0.111. The summed E-state index contributed by atoms with van der Waals surface area (Å²) in [6.07, 6.45) is 2.69. The molecule has 0 unspecified atom stereocenters. The van der Waals surface area contributed by atoms with Crippen molar-refractivity contribution in [1.82, 2.24) is 30.2 Å². The molecule has 3 aromatic rings. The van der Waals surface area contributed by atoms with Crippen LogP contribution in [0.15, 0.2) is 30.9 Å². The third-order valence-corrected chi connectivity index (χ3v) is 3.33. The highest BCUT2D eigenvalue weighted by Gasteiger charge is 2.16. The Morgan fingerprint density at radius 3 is 2.92 bits per heavy atom. The molecule has 0 amide bonds. The predicted octanol–water partition coefficient (Wildman–Crippen LogP) is 0.704. The summed E-state index contributed by atoms with van der Waals surface area (Å²) < 4.78 is 21.0. The number of hydrogen-bond acceptors (Lipinski definition) is 8. The zero-order valence-corrected chi connectivity index (χ0v) is 12.7. The van der Waals surface area contributed by atoms with Crippen molar-refractivity contribution in [3.8, 4) is 11.4 Å². The Morgan fingerprint density at radius 1 is 1.33 bits per heavy atom. The third-order valence-electron chi connectivity index (χ3n) is 3.33. The lowest BCUT2D eigenvalue weighted by atomic mass is 10.1. The molecule has 0 saturated heterocycles. The Balaban J connectivity index is 1.93. The van der Waals surface area contributed by atoms with Gasteiger partial charge in [-0.15, -0.1) is 5.10 Å². The summed E-state index contributed by atoms with van der Waals surface area (Å²) in [5.41, 5.74) is 1.24. The highest BCUT2D eigenvalue weighted by Crippen LogP contribution is 2.26. The number of anilines is 1. The maximum atomic E-state index is 14.7. The normalized spacial score (nSPS) is 10.6. The molecule has 124 valence electrons. The van der Waals surface area contributed by atoms with Gasteiger partial charge in [0, 0.05) is 18.2 Å². The molecule has 1 aromatic carbocycles. The first-order valence-corrected chi connectivity index (χ1v) is 6.97. The number of tetrazole rings is 1. The van der Waals surface area contributed by atoms with E-state index >= 15 is 0 Å². The second-order valence-electron chi connectivity index (χ2n) is 4.74. The van der Waals surface area contributed by atoms with Crippen LogP contribution in [0.25, 0.3) is 5.69 Å². The van der Waals surface area contributed by atoms with E-state index in [2.05, 4.69) is 30.8 Å². The summed E-state index contributed by atoms with van der Waals surface area (Å²) in [7, 11) is 1.39. The van der Waals surface area contributed by atoms with Gasteiger partial charge in [-0.3, -0.25) is 0 Å². The van der Waals surface area contributed by atoms with Gasteiger partial charge < -0.3 is 15.2 Å². The molecule has 0 bridgehead atoms. The minimum atomic E-state index is -0.519. The third kappa shape index (κ3) is 3.13. The van der Waals surface area contributed by atoms with E-state index in [-0.39, 0.29) is 18.9 Å². The first-order valence-electron chi connectivity index (χ1n) is 6.97.